The molecule has 0 aromatic heterocycles. The van der Waals surface area contributed by atoms with Gasteiger partial charge in [-0.2, -0.15) is 0 Å². The molecule has 2 unspecified atom stereocenters. The molecule has 0 amide bonds. The van der Waals surface area contributed by atoms with Gasteiger partial charge in [-0.3, -0.25) is 0 Å². The smallest absolute Gasteiger partial charge is 0.213 e. The molecule has 1 N–H and O–H groups in total. The lowest BCUT2D eigenvalue weighted by Gasteiger charge is -2.29. The van der Waals surface area contributed by atoms with Gasteiger partial charge in [-0.15, -0.1) is 0 Å². The van der Waals surface area contributed by atoms with E-state index in [1.165, 1.54) is 38.5 Å². The van der Waals surface area contributed by atoms with Gasteiger partial charge in [0.15, 0.2) is 0 Å². The van der Waals surface area contributed by atoms with Crippen LogP contribution in [0.25, 0.3) is 0 Å². The summed E-state index contributed by atoms with van der Waals surface area (Å²) in [6, 6.07) is 0. The van der Waals surface area contributed by atoms with E-state index in [4.69, 9.17) is 0 Å². The highest BCUT2D eigenvalue weighted by molar-refractivity contribution is 7.90. The van der Waals surface area contributed by atoms with Crippen molar-refractivity contribution in [1.82, 2.24) is 4.72 Å². The maximum atomic E-state index is 11.8. The molecule has 122 valence electrons. The summed E-state index contributed by atoms with van der Waals surface area (Å²) < 4.78 is 26.4. The lowest BCUT2D eigenvalue weighted by Crippen LogP contribution is -2.36. The molecule has 21 heavy (non-hydrogen) atoms. The van der Waals surface area contributed by atoms with Gasteiger partial charge in [-0.1, -0.05) is 31.4 Å². The van der Waals surface area contributed by atoms with Gasteiger partial charge < -0.3 is 0 Å². The quantitative estimate of drug-likeness (QED) is 0.757. The van der Waals surface area contributed by atoms with Crippen molar-refractivity contribution in [3.63, 3.8) is 0 Å². The molecule has 0 aliphatic heterocycles. The van der Waals surface area contributed by atoms with E-state index >= 15 is 0 Å². The van der Waals surface area contributed by atoms with Crippen LogP contribution in [0.15, 0.2) is 11.6 Å². The van der Waals surface area contributed by atoms with Crippen molar-refractivity contribution in [3.05, 3.63) is 11.6 Å². The fourth-order valence-electron chi connectivity index (χ4n) is 3.64. The first-order chi connectivity index (χ1) is 9.90. The van der Waals surface area contributed by atoms with Gasteiger partial charge in [0.1, 0.15) is 0 Å². The predicted octanol–water partition coefficient (Wildman–Crippen LogP) is 3.87. The minimum Gasteiger partial charge on any atom is -0.215 e. The molecule has 0 saturated heterocycles. The molecule has 0 bridgehead atoms. The summed E-state index contributed by atoms with van der Waals surface area (Å²) in [5.41, 5.74) is 1.69. The van der Waals surface area contributed by atoms with Crippen molar-refractivity contribution in [2.45, 2.75) is 71.0 Å². The van der Waals surface area contributed by atoms with E-state index in [0.717, 1.165) is 12.3 Å². The minimum absolute atomic E-state index is 0.343. The van der Waals surface area contributed by atoms with Gasteiger partial charge in [0, 0.05) is 6.54 Å². The molecular weight excluding hydrogens is 282 g/mol. The van der Waals surface area contributed by atoms with Gasteiger partial charge in [0.2, 0.25) is 10.0 Å². The summed E-state index contributed by atoms with van der Waals surface area (Å²) in [4.78, 5) is 0. The van der Waals surface area contributed by atoms with E-state index in [9.17, 15) is 8.42 Å². The van der Waals surface area contributed by atoms with Crippen LogP contribution in [0.3, 0.4) is 0 Å². The van der Waals surface area contributed by atoms with Gasteiger partial charge in [-0.05, 0) is 63.7 Å². The van der Waals surface area contributed by atoms with Gasteiger partial charge in [0.25, 0.3) is 0 Å². The van der Waals surface area contributed by atoms with Gasteiger partial charge in [0.05, 0.1) is 5.25 Å². The SMILES string of the molecule is CC(CNS(=O)(=O)C(C)C)C1CC=C(C2CCCC2)CC1. The Morgan fingerprint density at radius 3 is 2.38 bits per heavy atom. The Bertz CT molecular complexity index is 461. The highest BCUT2D eigenvalue weighted by Gasteiger charge is 2.26. The van der Waals surface area contributed by atoms with Crippen molar-refractivity contribution in [2.75, 3.05) is 6.54 Å². The van der Waals surface area contributed by atoms with Crippen molar-refractivity contribution >= 4 is 10.0 Å². The zero-order valence-corrected chi connectivity index (χ0v) is 14.6. The average molecular weight is 314 g/mol. The van der Waals surface area contributed by atoms with Crippen LogP contribution in [-0.2, 0) is 10.0 Å². The summed E-state index contributed by atoms with van der Waals surface area (Å²) in [5.74, 6) is 1.91. The van der Waals surface area contributed by atoms with E-state index in [1.54, 1.807) is 19.4 Å². The number of hydrogen-bond acceptors (Lipinski definition) is 2. The van der Waals surface area contributed by atoms with Crippen LogP contribution in [0.2, 0.25) is 0 Å². The molecule has 0 aromatic carbocycles. The second kappa shape index (κ2) is 7.28. The van der Waals surface area contributed by atoms with E-state index < -0.39 is 10.0 Å². The molecule has 0 heterocycles. The molecule has 0 radical (unpaired) electrons. The molecule has 3 nitrogen and oxygen atoms in total. The summed E-state index contributed by atoms with van der Waals surface area (Å²) in [5, 5.41) is -0.343. The van der Waals surface area contributed by atoms with Crippen LogP contribution in [0.5, 0.6) is 0 Å². The number of hydrogen-bond donors (Lipinski definition) is 1. The Balaban J connectivity index is 1.81. The molecule has 0 spiro atoms. The minimum atomic E-state index is -3.12. The topological polar surface area (TPSA) is 46.2 Å². The molecule has 2 aliphatic rings. The van der Waals surface area contributed by atoms with Crippen LogP contribution in [0.1, 0.15) is 65.7 Å². The van der Waals surface area contributed by atoms with Gasteiger partial charge >= 0.3 is 0 Å². The molecule has 2 aliphatic carbocycles. The Morgan fingerprint density at radius 2 is 1.86 bits per heavy atom. The average Bonchev–Trinajstić information content (AvgIpc) is 2.99. The Labute approximate surface area is 130 Å². The van der Waals surface area contributed by atoms with Crippen LogP contribution in [0, 0.1) is 17.8 Å². The first-order valence-electron chi connectivity index (χ1n) is 8.57. The van der Waals surface area contributed by atoms with Crippen LogP contribution >= 0.6 is 0 Å². The first kappa shape index (κ1) is 17.0. The molecule has 0 aromatic rings. The molecule has 2 atom stereocenters. The second-order valence-electron chi connectivity index (χ2n) is 7.21. The van der Waals surface area contributed by atoms with Crippen molar-refractivity contribution in [3.8, 4) is 0 Å². The highest BCUT2D eigenvalue weighted by Crippen LogP contribution is 2.38. The molecule has 1 saturated carbocycles. The van der Waals surface area contributed by atoms with Crippen molar-refractivity contribution in [1.29, 1.82) is 0 Å². The summed E-state index contributed by atoms with van der Waals surface area (Å²) in [6.45, 7) is 6.22. The standard InChI is InChI=1S/C17H31NO2S/c1-13(2)21(19,20)18-12-14(3)15-8-10-17(11-9-15)16-6-4-5-7-16/h10,13-16,18H,4-9,11-12H2,1-3H3. The zero-order valence-electron chi connectivity index (χ0n) is 13.8. The summed E-state index contributed by atoms with van der Waals surface area (Å²) in [7, 11) is -3.12. The lowest BCUT2D eigenvalue weighted by atomic mass is 9.78. The van der Waals surface area contributed by atoms with E-state index in [2.05, 4.69) is 17.7 Å². The van der Waals surface area contributed by atoms with E-state index in [-0.39, 0.29) is 5.25 Å². The Kier molecular flexibility index (Phi) is 5.89. The first-order valence-corrected chi connectivity index (χ1v) is 10.1. The zero-order chi connectivity index (χ0) is 15.5. The van der Waals surface area contributed by atoms with E-state index in [0.29, 0.717) is 18.4 Å². The number of sulfonamides is 1. The second-order valence-corrected chi connectivity index (χ2v) is 9.54. The molecular formula is C17H31NO2S. The van der Waals surface area contributed by atoms with Crippen molar-refractivity contribution < 1.29 is 8.42 Å². The third kappa shape index (κ3) is 4.56. The van der Waals surface area contributed by atoms with E-state index in [1.807, 2.05) is 0 Å². The Morgan fingerprint density at radius 1 is 1.19 bits per heavy atom. The fraction of sp³-hybridized carbons (Fsp3) is 0.882. The summed E-state index contributed by atoms with van der Waals surface area (Å²) in [6.07, 6.45) is 11.6. The lowest BCUT2D eigenvalue weighted by molar-refractivity contribution is 0.319. The fourth-order valence-corrected chi connectivity index (χ4v) is 4.47. The monoisotopic (exact) mass is 313 g/mol. The van der Waals surface area contributed by atoms with Crippen LogP contribution in [-0.4, -0.2) is 20.2 Å². The molecule has 1 fully saturated rings. The number of nitrogens with one attached hydrogen (secondary N) is 1. The molecule has 4 heteroatoms. The maximum Gasteiger partial charge on any atom is 0.213 e. The van der Waals surface area contributed by atoms with Gasteiger partial charge in [-0.25, -0.2) is 13.1 Å². The largest absolute Gasteiger partial charge is 0.215 e. The summed E-state index contributed by atoms with van der Waals surface area (Å²) >= 11 is 0. The van der Waals surface area contributed by atoms with Crippen LogP contribution < -0.4 is 4.72 Å². The number of allylic oxidation sites excluding steroid dienone is 2. The third-order valence-electron chi connectivity index (χ3n) is 5.40. The Hall–Kier alpha value is -0.350. The van der Waals surface area contributed by atoms with Crippen LogP contribution in [0.4, 0.5) is 0 Å². The predicted molar refractivity (Wildman–Crippen MR) is 88.6 cm³/mol. The third-order valence-corrected chi connectivity index (χ3v) is 7.21. The van der Waals surface area contributed by atoms with Crippen molar-refractivity contribution in [2.24, 2.45) is 17.8 Å². The number of rotatable bonds is 6. The normalized spacial score (nSPS) is 26.1. The highest BCUT2D eigenvalue weighted by atomic mass is 32.2. The maximum absolute atomic E-state index is 11.8. The molecule has 2 rings (SSSR count).